The summed E-state index contributed by atoms with van der Waals surface area (Å²) >= 11 is 0. The second kappa shape index (κ2) is 4.81. The Morgan fingerprint density at radius 1 is 1.00 bits per heavy atom. The van der Waals surface area contributed by atoms with E-state index in [0.717, 1.165) is 5.75 Å². The second-order valence-corrected chi connectivity index (χ2v) is 4.73. The molecule has 0 saturated carbocycles. The van der Waals surface area contributed by atoms with Gasteiger partial charge in [-0.2, -0.15) is 0 Å². The molecule has 0 saturated heterocycles. The number of methoxy groups -OCH3 is 1. The van der Waals surface area contributed by atoms with Crippen molar-refractivity contribution in [3.8, 4) is 5.75 Å². The number of aromatic nitrogens is 1. The molecular weight excluding hydrogens is 234 g/mol. The van der Waals surface area contributed by atoms with Crippen molar-refractivity contribution in [1.29, 1.82) is 0 Å². The van der Waals surface area contributed by atoms with Gasteiger partial charge in [-0.15, -0.1) is 0 Å². The van der Waals surface area contributed by atoms with Gasteiger partial charge in [-0.1, -0.05) is 30.3 Å². The molecule has 0 N–H and O–H groups in total. The van der Waals surface area contributed by atoms with Crippen LogP contribution in [0.4, 0.5) is 0 Å². The fourth-order valence-corrected chi connectivity index (χ4v) is 2.50. The number of hydrogen-bond acceptors (Lipinski definition) is 1. The van der Waals surface area contributed by atoms with E-state index in [0.29, 0.717) is 6.04 Å². The Morgan fingerprint density at radius 3 is 2.53 bits per heavy atom. The van der Waals surface area contributed by atoms with Crippen LogP contribution in [-0.4, -0.2) is 11.7 Å². The normalized spacial score (nSPS) is 12.5. The summed E-state index contributed by atoms with van der Waals surface area (Å²) in [4.78, 5) is 0. The summed E-state index contributed by atoms with van der Waals surface area (Å²) in [5.74, 6) is 0.901. The maximum Gasteiger partial charge on any atom is 0.119 e. The molecule has 2 aromatic carbocycles. The standard InChI is InChI=1S/C17H17NO/c1-13(14-6-4-3-5-7-14)18-11-10-15-12-16(19-2)8-9-17(15)18/h3-13H,1-2H3. The smallest absolute Gasteiger partial charge is 0.119 e. The first-order chi connectivity index (χ1) is 9.29. The van der Waals surface area contributed by atoms with Crippen LogP contribution in [0.25, 0.3) is 10.9 Å². The van der Waals surface area contributed by atoms with Crippen molar-refractivity contribution in [3.63, 3.8) is 0 Å². The summed E-state index contributed by atoms with van der Waals surface area (Å²) in [6, 6.07) is 19.2. The molecule has 1 atom stereocenters. The molecule has 0 radical (unpaired) electrons. The summed E-state index contributed by atoms with van der Waals surface area (Å²) < 4.78 is 7.56. The number of hydrogen-bond donors (Lipinski definition) is 0. The minimum atomic E-state index is 0.326. The third kappa shape index (κ3) is 2.10. The Labute approximate surface area is 113 Å². The lowest BCUT2D eigenvalue weighted by atomic mass is 10.1. The zero-order valence-corrected chi connectivity index (χ0v) is 11.2. The van der Waals surface area contributed by atoms with Gasteiger partial charge in [0.2, 0.25) is 0 Å². The van der Waals surface area contributed by atoms with Gasteiger partial charge in [-0.3, -0.25) is 0 Å². The Bertz CT molecular complexity index is 685. The third-order valence-corrected chi connectivity index (χ3v) is 3.63. The van der Waals surface area contributed by atoms with Gasteiger partial charge in [0.1, 0.15) is 5.75 Å². The number of benzene rings is 2. The predicted molar refractivity (Wildman–Crippen MR) is 78.7 cm³/mol. The van der Waals surface area contributed by atoms with E-state index in [1.165, 1.54) is 16.5 Å². The van der Waals surface area contributed by atoms with Crippen molar-refractivity contribution in [2.75, 3.05) is 7.11 Å². The average molecular weight is 251 g/mol. The van der Waals surface area contributed by atoms with Crippen LogP contribution in [0.5, 0.6) is 5.75 Å². The molecule has 0 spiro atoms. The van der Waals surface area contributed by atoms with Crippen LogP contribution in [0.1, 0.15) is 18.5 Å². The van der Waals surface area contributed by atoms with Crippen molar-refractivity contribution in [2.24, 2.45) is 0 Å². The molecule has 1 unspecified atom stereocenters. The molecule has 0 fully saturated rings. The van der Waals surface area contributed by atoms with Crippen LogP contribution in [0.15, 0.2) is 60.8 Å². The number of rotatable bonds is 3. The summed E-state index contributed by atoms with van der Waals surface area (Å²) in [5.41, 5.74) is 2.55. The van der Waals surface area contributed by atoms with E-state index in [4.69, 9.17) is 4.74 Å². The third-order valence-electron chi connectivity index (χ3n) is 3.63. The monoisotopic (exact) mass is 251 g/mol. The molecule has 0 aliphatic carbocycles. The van der Waals surface area contributed by atoms with Gasteiger partial charge in [-0.05, 0) is 36.8 Å². The molecule has 0 aliphatic heterocycles. The van der Waals surface area contributed by atoms with E-state index in [1.54, 1.807) is 7.11 Å². The zero-order valence-electron chi connectivity index (χ0n) is 11.2. The van der Waals surface area contributed by atoms with E-state index < -0.39 is 0 Å². The quantitative estimate of drug-likeness (QED) is 0.678. The van der Waals surface area contributed by atoms with Crippen LogP contribution in [-0.2, 0) is 0 Å². The number of fused-ring (bicyclic) bond motifs is 1. The van der Waals surface area contributed by atoms with Gasteiger partial charge in [0.15, 0.2) is 0 Å². The van der Waals surface area contributed by atoms with Crippen LogP contribution in [0, 0.1) is 0 Å². The maximum absolute atomic E-state index is 5.27. The van der Waals surface area contributed by atoms with E-state index in [9.17, 15) is 0 Å². The van der Waals surface area contributed by atoms with Gasteiger partial charge in [-0.25, -0.2) is 0 Å². The topological polar surface area (TPSA) is 14.2 Å². The van der Waals surface area contributed by atoms with Crippen LogP contribution >= 0.6 is 0 Å². The molecule has 2 heteroatoms. The molecule has 3 aromatic rings. The zero-order chi connectivity index (χ0) is 13.2. The molecule has 3 rings (SSSR count). The molecule has 0 bridgehead atoms. The van der Waals surface area contributed by atoms with Crippen LogP contribution in [0.2, 0.25) is 0 Å². The van der Waals surface area contributed by atoms with Crippen molar-refractivity contribution in [3.05, 3.63) is 66.4 Å². The van der Waals surface area contributed by atoms with Gasteiger partial charge >= 0.3 is 0 Å². The number of ether oxygens (including phenoxy) is 1. The fourth-order valence-electron chi connectivity index (χ4n) is 2.50. The molecule has 1 aromatic heterocycles. The highest BCUT2D eigenvalue weighted by Gasteiger charge is 2.10. The van der Waals surface area contributed by atoms with Gasteiger partial charge in [0.25, 0.3) is 0 Å². The average Bonchev–Trinajstić information content (AvgIpc) is 2.90. The highest BCUT2D eigenvalue weighted by molar-refractivity contribution is 5.82. The first-order valence-corrected chi connectivity index (χ1v) is 6.49. The van der Waals surface area contributed by atoms with Crippen LogP contribution in [0.3, 0.4) is 0 Å². The minimum Gasteiger partial charge on any atom is -0.497 e. The first-order valence-electron chi connectivity index (χ1n) is 6.49. The van der Waals surface area contributed by atoms with Gasteiger partial charge < -0.3 is 9.30 Å². The highest BCUT2D eigenvalue weighted by atomic mass is 16.5. The highest BCUT2D eigenvalue weighted by Crippen LogP contribution is 2.27. The lowest BCUT2D eigenvalue weighted by molar-refractivity contribution is 0.415. The lowest BCUT2D eigenvalue weighted by Crippen LogP contribution is -2.04. The number of nitrogens with zero attached hydrogens (tertiary/aromatic N) is 1. The fraction of sp³-hybridized carbons (Fsp3) is 0.176. The van der Waals surface area contributed by atoms with Gasteiger partial charge in [0.05, 0.1) is 13.2 Å². The lowest BCUT2D eigenvalue weighted by Gasteiger charge is -2.16. The molecule has 1 heterocycles. The Hall–Kier alpha value is -2.22. The Kier molecular flexibility index (Phi) is 3.00. The molecule has 19 heavy (non-hydrogen) atoms. The van der Waals surface area contributed by atoms with Crippen molar-refractivity contribution in [1.82, 2.24) is 4.57 Å². The van der Waals surface area contributed by atoms with Crippen molar-refractivity contribution < 1.29 is 4.74 Å². The Balaban J connectivity index is 2.06. The molecule has 2 nitrogen and oxygen atoms in total. The molecule has 0 amide bonds. The van der Waals surface area contributed by atoms with Gasteiger partial charge in [0, 0.05) is 17.1 Å². The SMILES string of the molecule is COc1ccc2c(ccn2C(C)c2ccccc2)c1. The van der Waals surface area contributed by atoms with E-state index in [1.807, 2.05) is 6.07 Å². The van der Waals surface area contributed by atoms with E-state index >= 15 is 0 Å². The summed E-state index contributed by atoms with van der Waals surface area (Å²) in [6.45, 7) is 2.22. The van der Waals surface area contributed by atoms with Crippen molar-refractivity contribution >= 4 is 10.9 Å². The molecular formula is C17H17NO. The largest absolute Gasteiger partial charge is 0.497 e. The van der Waals surface area contributed by atoms with Crippen molar-refractivity contribution in [2.45, 2.75) is 13.0 Å². The van der Waals surface area contributed by atoms with E-state index in [2.05, 4.69) is 66.2 Å². The van der Waals surface area contributed by atoms with E-state index in [-0.39, 0.29) is 0 Å². The summed E-state index contributed by atoms with van der Waals surface area (Å²) in [7, 11) is 1.70. The first kappa shape index (κ1) is 11.8. The van der Waals surface area contributed by atoms with Crippen LogP contribution < -0.4 is 4.74 Å². The Morgan fingerprint density at radius 2 is 1.79 bits per heavy atom. The minimum absolute atomic E-state index is 0.326. The molecule has 96 valence electrons. The predicted octanol–water partition coefficient (Wildman–Crippen LogP) is 4.26. The maximum atomic E-state index is 5.27. The summed E-state index contributed by atoms with van der Waals surface area (Å²) in [5, 5.41) is 1.21. The second-order valence-electron chi connectivity index (χ2n) is 4.73. The molecule has 0 aliphatic rings. The summed E-state index contributed by atoms with van der Waals surface area (Å²) in [6.07, 6.45) is 2.14.